The maximum atomic E-state index is 13.9. The molecule has 0 aliphatic carbocycles. The number of nitrogens with zero attached hydrogens (tertiary/aromatic N) is 1. The molecule has 1 aliphatic heterocycles. The Kier molecular flexibility index (Phi) is 11.4. The third-order valence-corrected chi connectivity index (χ3v) is 9.97. The number of esters is 1. The molecule has 55 heavy (non-hydrogen) atoms. The Hall–Kier alpha value is -6.23. The minimum atomic E-state index is -1.11. The predicted octanol–water partition coefficient (Wildman–Crippen LogP) is 7.19. The highest BCUT2D eigenvalue weighted by atomic mass is 16.6. The van der Waals surface area contributed by atoms with E-state index < -0.39 is 47.2 Å². The molecule has 0 amide bonds. The van der Waals surface area contributed by atoms with Gasteiger partial charge in [0.05, 0.1) is 33.4 Å². The van der Waals surface area contributed by atoms with E-state index in [1.165, 1.54) is 16.8 Å². The lowest BCUT2D eigenvalue weighted by molar-refractivity contribution is -0.150. The number of hydrogen-bond donors (Lipinski definition) is 1. The van der Waals surface area contributed by atoms with E-state index in [4.69, 9.17) is 23.7 Å². The minimum Gasteiger partial charge on any atom is -0.497 e. The summed E-state index contributed by atoms with van der Waals surface area (Å²) in [5.74, 6) is 0.450. The summed E-state index contributed by atoms with van der Waals surface area (Å²) in [6.45, 7) is 0.0871. The van der Waals surface area contributed by atoms with Gasteiger partial charge in [0.2, 0.25) is 0 Å². The fourth-order valence-corrected chi connectivity index (χ4v) is 7.30. The Bertz CT molecular complexity index is 2190. The Morgan fingerprint density at radius 2 is 1.24 bits per heavy atom. The van der Waals surface area contributed by atoms with Crippen molar-refractivity contribution < 1.29 is 28.5 Å². The van der Waals surface area contributed by atoms with Crippen molar-refractivity contribution in [1.82, 2.24) is 9.55 Å². The first-order valence-corrected chi connectivity index (χ1v) is 18.1. The zero-order chi connectivity index (χ0) is 38.2. The van der Waals surface area contributed by atoms with Gasteiger partial charge in [-0.05, 0) is 58.5 Å². The minimum absolute atomic E-state index is 0.0519. The van der Waals surface area contributed by atoms with Crippen molar-refractivity contribution in [3.8, 4) is 11.5 Å². The van der Waals surface area contributed by atoms with E-state index in [-0.39, 0.29) is 13.0 Å². The molecule has 1 fully saturated rings. The molecule has 280 valence electrons. The van der Waals surface area contributed by atoms with Crippen molar-refractivity contribution >= 4 is 5.97 Å². The van der Waals surface area contributed by atoms with Crippen LogP contribution in [0.5, 0.6) is 11.5 Å². The Balaban J connectivity index is 1.21. The first-order valence-electron chi connectivity index (χ1n) is 18.1. The number of benzene rings is 5. The number of carbonyl (C=O) groups is 1. The lowest BCUT2D eigenvalue weighted by Crippen LogP contribution is -2.36. The summed E-state index contributed by atoms with van der Waals surface area (Å²) in [6, 6.07) is 45.8. The van der Waals surface area contributed by atoms with Crippen molar-refractivity contribution in [3.05, 3.63) is 200 Å². The molecule has 0 radical (unpaired) electrons. The standard InChI is InChI=1S/C45H42N2O8/c1-51-37-22-18-35(19-23-37)45(34-16-10-5-11-17-34,36-20-24-38(52-2)25-21-36)53-30-39-28-33(43(54-39)47-27-26-40(48)46-44(47)50)29-41(49)55-42(31-12-6-3-7-13-31)32-14-8-4-9-15-32/h3-27,33,39,42-43H,28-30H2,1-2H3,(H,46,48,50)/t33-,39-,43+/m0/s1. The number of carbonyl (C=O) groups excluding carboxylic acids is 1. The smallest absolute Gasteiger partial charge is 0.330 e. The van der Waals surface area contributed by atoms with Gasteiger partial charge in [-0.2, -0.15) is 0 Å². The summed E-state index contributed by atoms with van der Waals surface area (Å²) in [5, 5.41) is 0. The fraction of sp³-hybridized carbons (Fsp3) is 0.222. The van der Waals surface area contributed by atoms with Gasteiger partial charge >= 0.3 is 11.7 Å². The fourth-order valence-electron chi connectivity index (χ4n) is 7.30. The van der Waals surface area contributed by atoms with Crippen molar-refractivity contribution in [2.45, 2.75) is 36.9 Å². The molecular formula is C45H42N2O8. The largest absolute Gasteiger partial charge is 0.497 e. The highest BCUT2D eigenvalue weighted by molar-refractivity contribution is 5.70. The van der Waals surface area contributed by atoms with Crippen molar-refractivity contribution in [3.63, 3.8) is 0 Å². The summed E-state index contributed by atoms with van der Waals surface area (Å²) in [7, 11) is 3.24. The van der Waals surface area contributed by atoms with Gasteiger partial charge < -0.3 is 23.7 Å². The number of aromatic amines is 1. The normalized spacial score (nSPS) is 16.8. The average molecular weight is 739 g/mol. The number of H-pyrrole nitrogens is 1. The molecule has 10 heteroatoms. The number of hydrogen-bond acceptors (Lipinski definition) is 8. The molecule has 1 saturated heterocycles. The molecule has 5 aromatic carbocycles. The second-order valence-electron chi connectivity index (χ2n) is 13.4. The monoisotopic (exact) mass is 738 g/mol. The van der Waals surface area contributed by atoms with Crippen LogP contribution < -0.4 is 20.7 Å². The van der Waals surface area contributed by atoms with Crippen LogP contribution >= 0.6 is 0 Å². The van der Waals surface area contributed by atoms with Crippen molar-refractivity contribution in [2.75, 3.05) is 20.8 Å². The van der Waals surface area contributed by atoms with Crippen LogP contribution in [0.4, 0.5) is 0 Å². The lowest BCUT2D eigenvalue weighted by atomic mass is 9.80. The van der Waals surface area contributed by atoms with Crippen molar-refractivity contribution in [2.24, 2.45) is 5.92 Å². The quantitative estimate of drug-likeness (QED) is 0.0923. The summed E-state index contributed by atoms with van der Waals surface area (Å²) < 4.78 is 32.2. The summed E-state index contributed by atoms with van der Waals surface area (Å²) in [4.78, 5) is 41.4. The van der Waals surface area contributed by atoms with Gasteiger partial charge in [0.15, 0.2) is 6.10 Å². The van der Waals surface area contributed by atoms with Gasteiger partial charge in [-0.3, -0.25) is 19.1 Å². The van der Waals surface area contributed by atoms with Crippen LogP contribution in [0.25, 0.3) is 0 Å². The highest BCUT2D eigenvalue weighted by Crippen LogP contribution is 2.44. The Labute approximate surface area is 318 Å². The van der Waals surface area contributed by atoms with Crippen LogP contribution in [-0.4, -0.2) is 42.5 Å². The Morgan fingerprint density at radius 3 is 1.75 bits per heavy atom. The highest BCUT2D eigenvalue weighted by Gasteiger charge is 2.43. The first kappa shape index (κ1) is 37.1. The maximum Gasteiger partial charge on any atom is 0.330 e. The average Bonchev–Trinajstić information content (AvgIpc) is 3.63. The zero-order valence-electron chi connectivity index (χ0n) is 30.6. The van der Waals surface area contributed by atoms with Gasteiger partial charge in [0, 0.05) is 18.2 Å². The predicted molar refractivity (Wildman–Crippen MR) is 207 cm³/mol. The van der Waals surface area contributed by atoms with E-state index >= 15 is 0 Å². The van der Waals surface area contributed by atoms with Crippen LogP contribution in [0.15, 0.2) is 161 Å². The number of nitrogens with one attached hydrogen (secondary N) is 1. The summed E-state index contributed by atoms with van der Waals surface area (Å²) >= 11 is 0. The van der Waals surface area contributed by atoms with Crippen LogP contribution in [0.3, 0.4) is 0 Å². The molecule has 6 aromatic rings. The molecule has 3 atom stereocenters. The van der Waals surface area contributed by atoms with Gasteiger partial charge in [-0.15, -0.1) is 0 Å². The number of rotatable bonds is 14. The molecule has 2 heterocycles. The van der Waals surface area contributed by atoms with E-state index in [9.17, 15) is 14.4 Å². The van der Waals surface area contributed by atoms with Crippen LogP contribution in [0, 0.1) is 5.92 Å². The van der Waals surface area contributed by atoms with E-state index in [0.717, 1.165) is 27.8 Å². The van der Waals surface area contributed by atoms with Crippen LogP contribution in [0.2, 0.25) is 0 Å². The number of methoxy groups -OCH3 is 2. The van der Waals surface area contributed by atoms with Gasteiger partial charge in [0.25, 0.3) is 5.56 Å². The van der Waals surface area contributed by atoms with Crippen LogP contribution in [-0.2, 0) is 24.6 Å². The molecule has 10 nitrogen and oxygen atoms in total. The van der Waals surface area contributed by atoms with E-state index in [0.29, 0.717) is 17.9 Å². The molecule has 1 aromatic heterocycles. The third-order valence-electron chi connectivity index (χ3n) is 9.97. The molecular weight excluding hydrogens is 697 g/mol. The van der Waals surface area contributed by atoms with Crippen LogP contribution in [0.1, 0.15) is 53.0 Å². The van der Waals surface area contributed by atoms with Gasteiger partial charge in [-0.1, -0.05) is 115 Å². The second-order valence-corrected chi connectivity index (χ2v) is 13.4. The molecule has 0 saturated carbocycles. The molecule has 0 bridgehead atoms. The summed E-state index contributed by atoms with van der Waals surface area (Å²) in [6.07, 6.45) is -0.364. The van der Waals surface area contributed by atoms with E-state index in [2.05, 4.69) is 4.98 Å². The maximum absolute atomic E-state index is 13.9. The molecule has 0 unspecified atom stereocenters. The van der Waals surface area contributed by atoms with Gasteiger partial charge in [-0.25, -0.2) is 4.79 Å². The number of aromatic nitrogens is 2. The molecule has 7 rings (SSSR count). The van der Waals surface area contributed by atoms with Gasteiger partial charge in [0.1, 0.15) is 23.3 Å². The first-order chi connectivity index (χ1) is 26.9. The second kappa shape index (κ2) is 16.8. The SMILES string of the molecule is COc1ccc(C(OC[C@@H]2C[C@@H](CC(=O)OC(c3ccccc3)c3ccccc3)[C@H](n3ccc(=O)[nH]c3=O)O2)(c2ccccc2)c2ccc(OC)cc2)cc1. The third kappa shape index (κ3) is 8.16. The number of ether oxygens (including phenoxy) is 5. The lowest BCUT2D eigenvalue weighted by Gasteiger charge is -2.37. The van der Waals surface area contributed by atoms with E-state index in [1.54, 1.807) is 14.2 Å². The molecule has 1 aliphatic rings. The van der Waals surface area contributed by atoms with E-state index in [1.807, 2.05) is 140 Å². The molecule has 1 N–H and O–H groups in total. The zero-order valence-corrected chi connectivity index (χ0v) is 30.6. The van der Waals surface area contributed by atoms with Crippen molar-refractivity contribution in [1.29, 1.82) is 0 Å². The Morgan fingerprint density at radius 1 is 0.727 bits per heavy atom. The summed E-state index contributed by atoms with van der Waals surface area (Å²) in [5.41, 5.74) is 1.97. The molecule has 0 spiro atoms. The topological polar surface area (TPSA) is 118 Å².